The summed E-state index contributed by atoms with van der Waals surface area (Å²) in [5.41, 5.74) is 8.47. The number of fused-ring (bicyclic) bond motifs is 1. The van der Waals surface area contributed by atoms with Crippen LogP contribution in [-0.4, -0.2) is 16.2 Å². The van der Waals surface area contributed by atoms with Gasteiger partial charge in [0.2, 0.25) is 5.95 Å². The average Bonchev–Trinajstić information content (AvgIpc) is 2.97. The second-order valence-electron chi connectivity index (χ2n) is 6.13. The highest BCUT2D eigenvalue weighted by Crippen LogP contribution is 2.40. The van der Waals surface area contributed by atoms with Crippen molar-refractivity contribution in [2.45, 2.75) is 46.1 Å². The van der Waals surface area contributed by atoms with Crippen molar-refractivity contribution >= 4 is 17.0 Å². The van der Waals surface area contributed by atoms with Crippen LogP contribution in [0.2, 0.25) is 0 Å². The first-order chi connectivity index (χ1) is 9.63. The van der Waals surface area contributed by atoms with Gasteiger partial charge in [-0.1, -0.05) is 25.8 Å². The van der Waals surface area contributed by atoms with Gasteiger partial charge in [-0.2, -0.15) is 0 Å². The number of anilines is 1. The highest BCUT2D eigenvalue weighted by atomic mass is 16.5. The van der Waals surface area contributed by atoms with Crippen molar-refractivity contribution in [2.24, 2.45) is 5.41 Å². The smallest absolute Gasteiger partial charge is 0.201 e. The third kappa shape index (κ3) is 2.23. The van der Waals surface area contributed by atoms with Crippen LogP contribution in [-0.2, 0) is 6.54 Å². The molecular weight excluding hydrogens is 250 g/mol. The molecule has 1 aromatic carbocycles. The minimum absolute atomic E-state index is 0.351. The van der Waals surface area contributed by atoms with Crippen LogP contribution in [0.4, 0.5) is 5.95 Å². The first kappa shape index (κ1) is 13.3. The van der Waals surface area contributed by atoms with Crippen LogP contribution >= 0.6 is 0 Å². The molecule has 1 heterocycles. The number of rotatable bonds is 4. The van der Waals surface area contributed by atoms with Crippen LogP contribution in [0.3, 0.4) is 0 Å². The van der Waals surface area contributed by atoms with E-state index in [-0.39, 0.29) is 0 Å². The molecule has 0 saturated heterocycles. The lowest BCUT2D eigenvalue weighted by Crippen LogP contribution is -2.20. The van der Waals surface area contributed by atoms with Crippen molar-refractivity contribution in [3.63, 3.8) is 0 Å². The molecule has 2 aromatic rings. The molecule has 0 bridgehead atoms. The fourth-order valence-electron chi connectivity index (χ4n) is 3.35. The summed E-state index contributed by atoms with van der Waals surface area (Å²) in [6.45, 7) is 5.94. The Hall–Kier alpha value is -1.71. The summed E-state index contributed by atoms with van der Waals surface area (Å²) in [5, 5.41) is 0. The Balaban J connectivity index is 2.02. The molecule has 0 atom stereocenters. The highest BCUT2D eigenvalue weighted by Gasteiger charge is 2.30. The Labute approximate surface area is 119 Å². The summed E-state index contributed by atoms with van der Waals surface area (Å²) >= 11 is 0. The van der Waals surface area contributed by atoms with Gasteiger partial charge in [-0.3, -0.25) is 0 Å². The van der Waals surface area contributed by atoms with Crippen molar-refractivity contribution in [1.29, 1.82) is 0 Å². The Morgan fingerprint density at radius 2 is 2.10 bits per heavy atom. The number of hydrogen-bond donors (Lipinski definition) is 1. The largest absolute Gasteiger partial charge is 0.492 e. The molecule has 20 heavy (non-hydrogen) atoms. The lowest BCUT2D eigenvalue weighted by atomic mass is 9.89. The Morgan fingerprint density at radius 1 is 1.35 bits per heavy atom. The van der Waals surface area contributed by atoms with Gasteiger partial charge < -0.3 is 15.0 Å². The molecule has 1 fully saturated rings. The number of imidazole rings is 1. The quantitative estimate of drug-likeness (QED) is 0.926. The Bertz CT molecular complexity index is 611. The third-order valence-electron chi connectivity index (χ3n) is 4.42. The van der Waals surface area contributed by atoms with Gasteiger partial charge in [0.25, 0.3) is 0 Å². The number of nitrogens with zero attached hydrogens (tertiary/aromatic N) is 2. The van der Waals surface area contributed by atoms with E-state index in [2.05, 4.69) is 22.5 Å². The number of nitrogen functional groups attached to an aromatic ring is 1. The van der Waals surface area contributed by atoms with Crippen LogP contribution in [0.5, 0.6) is 5.75 Å². The van der Waals surface area contributed by atoms with E-state index in [9.17, 15) is 0 Å². The van der Waals surface area contributed by atoms with E-state index < -0.39 is 0 Å². The lowest BCUT2D eigenvalue weighted by molar-refractivity contribution is 0.287. The fourth-order valence-corrected chi connectivity index (χ4v) is 3.35. The molecule has 1 aliphatic rings. The fraction of sp³-hybridized carbons (Fsp3) is 0.562. The minimum atomic E-state index is 0.351. The molecule has 2 N–H and O–H groups in total. The van der Waals surface area contributed by atoms with Crippen LogP contribution in [0.15, 0.2) is 18.2 Å². The van der Waals surface area contributed by atoms with Crippen LogP contribution in [0, 0.1) is 5.41 Å². The second-order valence-corrected chi connectivity index (χ2v) is 6.13. The first-order valence-electron chi connectivity index (χ1n) is 7.50. The van der Waals surface area contributed by atoms with Gasteiger partial charge >= 0.3 is 0 Å². The van der Waals surface area contributed by atoms with Crippen LogP contribution < -0.4 is 10.5 Å². The van der Waals surface area contributed by atoms with Gasteiger partial charge in [0.05, 0.1) is 12.1 Å². The number of para-hydroxylation sites is 1. The molecule has 3 rings (SSSR count). The predicted octanol–water partition coefficient (Wildman–Crippen LogP) is 3.60. The molecular formula is C16H23N3O. The van der Waals surface area contributed by atoms with Crippen molar-refractivity contribution in [3.05, 3.63) is 18.2 Å². The van der Waals surface area contributed by atoms with E-state index in [1.54, 1.807) is 0 Å². The summed E-state index contributed by atoms with van der Waals surface area (Å²) in [4.78, 5) is 4.52. The van der Waals surface area contributed by atoms with Gasteiger partial charge in [0.15, 0.2) is 0 Å². The summed E-state index contributed by atoms with van der Waals surface area (Å²) in [5.74, 6) is 1.42. The monoisotopic (exact) mass is 273 g/mol. The molecule has 108 valence electrons. The van der Waals surface area contributed by atoms with Gasteiger partial charge in [0, 0.05) is 6.54 Å². The number of aromatic nitrogens is 2. The zero-order valence-electron chi connectivity index (χ0n) is 12.4. The summed E-state index contributed by atoms with van der Waals surface area (Å²) < 4.78 is 7.81. The predicted molar refractivity (Wildman–Crippen MR) is 81.9 cm³/mol. The number of ether oxygens (including phenoxy) is 1. The Kier molecular flexibility index (Phi) is 3.32. The molecule has 1 aliphatic carbocycles. The van der Waals surface area contributed by atoms with E-state index in [1.165, 1.54) is 25.7 Å². The van der Waals surface area contributed by atoms with Crippen molar-refractivity contribution in [1.82, 2.24) is 9.55 Å². The van der Waals surface area contributed by atoms with Crippen LogP contribution in [0.25, 0.3) is 11.0 Å². The van der Waals surface area contributed by atoms with Gasteiger partial charge in [0.1, 0.15) is 11.3 Å². The van der Waals surface area contributed by atoms with Gasteiger partial charge in [-0.15, -0.1) is 0 Å². The van der Waals surface area contributed by atoms with Crippen molar-refractivity contribution in [2.75, 3.05) is 12.3 Å². The third-order valence-corrected chi connectivity index (χ3v) is 4.42. The SMILES string of the molecule is CCOc1cccc2c1nc(N)n2CC1(C)CCCC1. The maximum atomic E-state index is 6.15. The average molecular weight is 273 g/mol. The molecule has 1 aromatic heterocycles. The summed E-state index contributed by atoms with van der Waals surface area (Å²) in [6.07, 6.45) is 5.20. The maximum absolute atomic E-state index is 6.15. The van der Waals surface area contributed by atoms with Crippen molar-refractivity contribution in [3.8, 4) is 5.75 Å². The zero-order valence-corrected chi connectivity index (χ0v) is 12.4. The second kappa shape index (κ2) is 5.00. The number of benzene rings is 1. The van der Waals surface area contributed by atoms with E-state index in [4.69, 9.17) is 10.5 Å². The van der Waals surface area contributed by atoms with Crippen LogP contribution in [0.1, 0.15) is 39.5 Å². The minimum Gasteiger partial charge on any atom is -0.492 e. The van der Waals surface area contributed by atoms with Gasteiger partial charge in [-0.25, -0.2) is 4.98 Å². The zero-order chi connectivity index (χ0) is 14.2. The summed E-state index contributed by atoms with van der Waals surface area (Å²) in [6, 6.07) is 6.06. The lowest BCUT2D eigenvalue weighted by Gasteiger charge is -2.24. The Morgan fingerprint density at radius 3 is 2.80 bits per heavy atom. The van der Waals surface area contributed by atoms with E-state index in [0.717, 1.165) is 23.3 Å². The molecule has 0 amide bonds. The first-order valence-corrected chi connectivity index (χ1v) is 7.50. The molecule has 1 saturated carbocycles. The number of hydrogen-bond acceptors (Lipinski definition) is 3. The molecule has 0 unspecified atom stereocenters. The highest BCUT2D eigenvalue weighted by molar-refractivity contribution is 5.84. The molecule has 0 radical (unpaired) electrons. The normalized spacial score (nSPS) is 17.7. The molecule has 0 aliphatic heterocycles. The number of nitrogens with two attached hydrogens (primary N) is 1. The van der Waals surface area contributed by atoms with Crippen molar-refractivity contribution < 1.29 is 4.74 Å². The standard InChI is InChI=1S/C16H23N3O/c1-3-20-13-8-6-7-12-14(13)18-15(17)19(12)11-16(2)9-4-5-10-16/h6-8H,3-5,9-11H2,1-2H3,(H2,17,18). The van der Waals surface area contributed by atoms with Gasteiger partial charge in [-0.05, 0) is 37.3 Å². The van der Waals surface area contributed by atoms with E-state index in [0.29, 0.717) is 18.0 Å². The topological polar surface area (TPSA) is 53.1 Å². The van der Waals surface area contributed by atoms with E-state index >= 15 is 0 Å². The van der Waals surface area contributed by atoms with E-state index in [1.807, 2.05) is 19.1 Å². The summed E-state index contributed by atoms with van der Waals surface area (Å²) in [7, 11) is 0. The maximum Gasteiger partial charge on any atom is 0.201 e. The molecule has 4 nitrogen and oxygen atoms in total. The molecule has 0 spiro atoms. The molecule has 4 heteroatoms.